The van der Waals surface area contributed by atoms with Gasteiger partial charge in [-0.2, -0.15) is 10.4 Å². The van der Waals surface area contributed by atoms with E-state index in [0.29, 0.717) is 48.6 Å². The van der Waals surface area contributed by atoms with Gasteiger partial charge >= 0.3 is 0 Å². The Morgan fingerprint density at radius 2 is 2.14 bits per heavy atom. The van der Waals surface area contributed by atoms with E-state index in [0.717, 1.165) is 5.56 Å². The van der Waals surface area contributed by atoms with Crippen LogP contribution in [0.4, 0.5) is 4.39 Å². The quantitative estimate of drug-likeness (QED) is 0.726. The zero-order chi connectivity index (χ0) is 20.1. The molecule has 0 atom stereocenters. The van der Waals surface area contributed by atoms with Crippen molar-refractivity contribution in [2.45, 2.75) is 38.9 Å². The van der Waals surface area contributed by atoms with Crippen LogP contribution in [0, 0.1) is 11.3 Å². The van der Waals surface area contributed by atoms with Gasteiger partial charge in [-0.25, -0.2) is 13.9 Å². The average Bonchev–Trinajstić information content (AvgIpc) is 3.24. The third kappa shape index (κ3) is 3.10. The largest absolute Gasteiger partial charge is 0.295 e. The number of aromatic amines is 1. The molecular weight excluding hydrogens is 361 g/mol. The summed E-state index contributed by atoms with van der Waals surface area (Å²) in [5, 5.41) is 16.4. The minimum absolute atomic E-state index is 0.0487. The lowest BCUT2D eigenvalue weighted by molar-refractivity contribution is -0.0193. The first-order chi connectivity index (χ1) is 13.3. The third-order valence-electron chi connectivity index (χ3n) is 5.05. The molecule has 1 fully saturated rings. The molecule has 0 radical (unpaired) electrons. The average molecular weight is 383 g/mol. The van der Waals surface area contributed by atoms with Gasteiger partial charge in [0.1, 0.15) is 17.3 Å². The molecule has 0 spiro atoms. The number of rotatable bonds is 5. The van der Waals surface area contributed by atoms with Gasteiger partial charge in [-0.3, -0.25) is 19.5 Å². The van der Waals surface area contributed by atoms with E-state index >= 15 is 0 Å². The smallest absolute Gasteiger partial charge is 0.276 e. The second-order valence-electron chi connectivity index (χ2n) is 7.91. The number of nitrogens with one attached hydrogen (secondary N) is 1. The summed E-state index contributed by atoms with van der Waals surface area (Å²) >= 11 is 0. The molecule has 1 N–H and O–H groups in total. The molecule has 3 aromatic heterocycles. The predicted molar refractivity (Wildman–Crippen MR) is 102 cm³/mol. The van der Waals surface area contributed by atoms with Crippen LogP contribution in [-0.2, 0) is 6.54 Å². The van der Waals surface area contributed by atoms with Gasteiger partial charge in [0, 0.05) is 43.2 Å². The van der Waals surface area contributed by atoms with Crippen LogP contribution in [0.2, 0.25) is 0 Å². The zero-order valence-electron chi connectivity index (χ0n) is 16.1. The van der Waals surface area contributed by atoms with Gasteiger partial charge in [-0.1, -0.05) is 13.8 Å². The summed E-state index contributed by atoms with van der Waals surface area (Å²) < 4.78 is 16.7. The van der Waals surface area contributed by atoms with Gasteiger partial charge in [0.2, 0.25) is 0 Å². The van der Waals surface area contributed by atoms with Gasteiger partial charge in [-0.05, 0) is 12.8 Å². The van der Waals surface area contributed by atoms with Crippen LogP contribution in [0.5, 0.6) is 0 Å². The Kier molecular flexibility index (Phi) is 4.31. The van der Waals surface area contributed by atoms with Crippen LogP contribution in [-0.4, -0.2) is 54.6 Å². The van der Waals surface area contributed by atoms with Gasteiger partial charge in [-0.15, -0.1) is 0 Å². The number of nitriles is 1. The Balaban J connectivity index is 1.67. The number of hydrogen-bond acceptors (Lipinski definition) is 5. The molecule has 0 unspecified atom stereocenters. The summed E-state index contributed by atoms with van der Waals surface area (Å²) in [6.45, 7) is 7.70. The Labute approximate surface area is 161 Å². The van der Waals surface area contributed by atoms with Crippen LogP contribution < -0.4 is 5.56 Å². The lowest BCUT2D eigenvalue weighted by Gasteiger charge is -2.42. The standard InChI is InChI=1S/C19H22FN7O/c1-12(2)15-16(24-17-13(6-21)7-23-27(17)18(15)28)14-8-22-26(9-14)5-4-25-10-19(3,20)11-25/h7-9,12,23H,4-5,10-11H2,1-3H3. The zero-order valence-corrected chi connectivity index (χ0v) is 16.1. The molecule has 146 valence electrons. The fourth-order valence-corrected chi connectivity index (χ4v) is 3.75. The van der Waals surface area contributed by atoms with Crippen molar-refractivity contribution >= 4 is 5.65 Å². The summed E-state index contributed by atoms with van der Waals surface area (Å²) in [6, 6.07) is 2.05. The molecule has 4 rings (SSSR count). The number of hydrogen-bond donors (Lipinski definition) is 1. The Hall–Kier alpha value is -2.99. The van der Waals surface area contributed by atoms with Gasteiger partial charge in [0.05, 0.1) is 18.4 Å². The molecule has 1 aliphatic rings. The highest BCUT2D eigenvalue weighted by molar-refractivity contribution is 5.67. The first-order valence-corrected chi connectivity index (χ1v) is 9.27. The van der Waals surface area contributed by atoms with E-state index in [2.05, 4.69) is 21.3 Å². The number of H-pyrrole nitrogens is 1. The number of alkyl halides is 1. The van der Waals surface area contributed by atoms with Crippen molar-refractivity contribution < 1.29 is 4.39 Å². The van der Waals surface area contributed by atoms with Crippen molar-refractivity contribution in [1.82, 2.24) is 29.3 Å². The molecule has 9 heteroatoms. The summed E-state index contributed by atoms with van der Waals surface area (Å²) in [5.74, 6) is -0.0487. The second-order valence-corrected chi connectivity index (χ2v) is 7.91. The maximum absolute atomic E-state index is 13.6. The molecule has 1 aliphatic heterocycles. The second kappa shape index (κ2) is 6.56. The minimum Gasteiger partial charge on any atom is -0.295 e. The summed E-state index contributed by atoms with van der Waals surface area (Å²) in [6.07, 6.45) is 5.00. The molecule has 0 bridgehead atoms. The highest BCUT2D eigenvalue weighted by Gasteiger charge is 2.38. The molecular formula is C19H22FN7O. The lowest BCUT2D eigenvalue weighted by atomic mass is 9.99. The van der Waals surface area contributed by atoms with E-state index in [-0.39, 0.29) is 11.5 Å². The van der Waals surface area contributed by atoms with E-state index in [9.17, 15) is 14.4 Å². The van der Waals surface area contributed by atoms with Crippen molar-refractivity contribution in [2.75, 3.05) is 19.6 Å². The van der Waals surface area contributed by atoms with Crippen molar-refractivity contribution in [3.63, 3.8) is 0 Å². The molecule has 0 aromatic carbocycles. The normalized spacial score (nSPS) is 16.4. The maximum atomic E-state index is 13.6. The molecule has 8 nitrogen and oxygen atoms in total. The van der Waals surface area contributed by atoms with Gasteiger partial charge in [0.25, 0.3) is 5.56 Å². The van der Waals surface area contributed by atoms with Gasteiger partial charge < -0.3 is 0 Å². The van der Waals surface area contributed by atoms with E-state index < -0.39 is 5.67 Å². The minimum atomic E-state index is -1.09. The Bertz CT molecular complexity index is 1120. The summed E-state index contributed by atoms with van der Waals surface area (Å²) in [5.41, 5.74) is 1.16. The number of likely N-dealkylation sites (tertiary alicyclic amines) is 1. The monoisotopic (exact) mass is 383 g/mol. The van der Waals surface area contributed by atoms with E-state index in [4.69, 9.17) is 0 Å². The van der Waals surface area contributed by atoms with E-state index in [1.165, 1.54) is 10.7 Å². The number of nitrogens with zero attached hydrogens (tertiary/aromatic N) is 6. The van der Waals surface area contributed by atoms with E-state index in [1.807, 2.05) is 24.9 Å². The molecule has 3 aromatic rings. The third-order valence-corrected chi connectivity index (χ3v) is 5.05. The van der Waals surface area contributed by atoms with Crippen molar-refractivity contribution in [2.24, 2.45) is 0 Å². The fourth-order valence-electron chi connectivity index (χ4n) is 3.75. The number of halogens is 1. The number of aromatic nitrogens is 5. The lowest BCUT2D eigenvalue weighted by Crippen LogP contribution is -2.57. The molecule has 0 aliphatic carbocycles. The van der Waals surface area contributed by atoms with Crippen LogP contribution in [0.3, 0.4) is 0 Å². The SMILES string of the molecule is CC(C)c1c(-c2cnn(CCN3CC(C)(F)C3)c2)nc2c(C#N)c[nH]n2c1=O. The van der Waals surface area contributed by atoms with Crippen LogP contribution in [0.1, 0.15) is 37.8 Å². The first-order valence-electron chi connectivity index (χ1n) is 9.27. The van der Waals surface area contributed by atoms with Crippen molar-refractivity contribution in [3.05, 3.63) is 40.1 Å². The summed E-state index contributed by atoms with van der Waals surface area (Å²) in [4.78, 5) is 19.6. The highest BCUT2D eigenvalue weighted by Crippen LogP contribution is 2.26. The molecule has 0 amide bonds. The van der Waals surface area contributed by atoms with Gasteiger partial charge in [0.15, 0.2) is 5.65 Å². The van der Waals surface area contributed by atoms with Crippen LogP contribution in [0.25, 0.3) is 16.9 Å². The molecule has 1 saturated heterocycles. The maximum Gasteiger partial charge on any atom is 0.276 e. The van der Waals surface area contributed by atoms with Crippen LogP contribution >= 0.6 is 0 Å². The van der Waals surface area contributed by atoms with Crippen molar-refractivity contribution in [1.29, 1.82) is 5.26 Å². The highest BCUT2D eigenvalue weighted by atomic mass is 19.1. The van der Waals surface area contributed by atoms with E-state index in [1.54, 1.807) is 17.8 Å². The Morgan fingerprint density at radius 1 is 1.39 bits per heavy atom. The first kappa shape index (κ1) is 18.4. The fraction of sp³-hybridized carbons (Fsp3) is 0.474. The molecule has 28 heavy (non-hydrogen) atoms. The molecule has 0 saturated carbocycles. The van der Waals surface area contributed by atoms with Crippen molar-refractivity contribution in [3.8, 4) is 17.3 Å². The summed E-state index contributed by atoms with van der Waals surface area (Å²) in [7, 11) is 0. The predicted octanol–water partition coefficient (Wildman–Crippen LogP) is 1.92. The van der Waals surface area contributed by atoms with Crippen LogP contribution in [0.15, 0.2) is 23.4 Å². The molecule has 4 heterocycles. The number of fused-ring (bicyclic) bond motifs is 1. The Morgan fingerprint density at radius 3 is 2.79 bits per heavy atom. The topological polar surface area (TPSA) is 95.0 Å².